The van der Waals surface area contributed by atoms with Crippen molar-refractivity contribution in [1.82, 2.24) is 4.98 Å². The van der Waals surface area contributed by atoms with Crippen LogP contribution in [0.15, 0.2) is 24.3 Å². The molecule has 0 radical (unpaired) electrons. The molecule has 3 nitrogen and oxygen atoms in total. The van der Waals surface area contributed by atoms with E-state index in [0.717, 1.165) is 0 Å². The number of hydrogen-bond acceptors (Lipinski definition) is 3. The van der Waals surface area contributed by atoms with Crippen LogP contribution in [0.25, 0.3) is 0 Å². The van der Waals surface area contributed by atoms with Crippen molar-refractivity contribution in [2.45, 2.75) is 0 Å². The lowest BCUT2D eigenvalue weighted by Gasteiger charge is -2.10. The zero-order valence-corrected chi connectivity index (χ0v) is 12.7. The Bertz CT molecular complexity index is 619. The SMILES string of the molecule is COc1cc(Nc2nc(Cl)c(Cl)cc2Cl)ccc1Cl. The zero-order chi connectivity index (χ0) is 14.0. The Balaban J connectivity index is 2.33. The van der Waals surface area contributed by atoms with Crippen LogP contribution in [0, 0.1) is 0 Å². The van der Waals surface area contributed by atoms with E-state index in [1.165, 1.54) is 13.2 Å². The van der Waals surface area contributed by atoms with Crippen molar-refractivity contribution in [3.63, 3.8) is 0 Å². The number of methoxy groups -OCH3 is 1. The molecule has 1 aromatic carbocycles. The average Bonchev–Trinajstić information content (AvgIpc) is 2.38. The minimum Gasteiger partial charge on any atom is -0.495 e. The number of pyridine rings is 1. The monoisotopic (exact) mass is 336 g/mol. The standard InChI is InChI=1S/C12H8Cl4N2O/c1-19-10-4-6(2-3-7(10)13)17-12-9(15)5-8(14)11(16)18-12/h2-5H,1H3,(H,17,18). The van der Waals surface area contributed by atoms with Gasteiger partial charge in [-0.05, 0) is 18.2 Å². The Morgan fingerprint density at radius 3 is 2.42 bits per heavy atom. The summed E-state index contributed by atoms with van der Waals surface area (Å²) in [6.45, 7) is 0. The molecule has 100 valence electrons. The average molecular weight is 338 g/mol. The summed E-state index contributed by atoms with van der Waals surface area (Å²) in [5.74, 6) is 0.947. The molecule has 1 N–H and O–H groups in total. The van der Waals surface area contributed by atoms with Crippen LogP contribution in [-0.2, 0) is 0 Å². The van der Waals surface area contributed by atoms with E-state index in [1.807, 2.05) is 0 Å². The number of halogens is 4. The van der Waals surface area contributed by atoms with Crippen molar-refractivity contribution >= 4 is 57.9 Å². The summed E-state index contributed by atoms with van der Waals surface area (Å²) in [7, 11) is 1.54. The Morgan fingerprint density at radius 2 is 1.74 bits per heavy atom. The van der Waals surface area contributed by atoms with Crippen molar-refractivity contribution < 1.29 is 4.74 Å². The van der Waals surface area contributed by atoms with Crippen LogP contribution in [0.4, 0.5) is 11.5 Å². The molecule has 2 rings (SSSR count). The van der Waals surface area contributed by atoms with Gasteiger partial charge in [-0.25, -0.2) is 4.98 Å². The lowest BCUT2D eigenvalue weighted by Crippen LogP contribution is -1.96. The highest BCUT2D eigenvalue weighted by molar-refractivity contribution is 6.43. The van der Waals surface area contributed by atoms with Gasteiger partial charge in [0.2, 0.25) is 0 Å². The van der Waals surface area contributed by atoms with Crippen molar-refractivity contribution in [2.75, 3.05) is 12.4 Å². The Kier molecular flexibility index (Phi) is 4.63. The van der Waals surface area contributed by atoms with E-state index in [-0.39, 0.29) is 5.15 Å². The first-order valence-corrected chi connectivity index (χ1v) is 6.64. The molecule has 0 unspecified atom stereocenters. The minimum absolute atomic E-state index is 0.175. The van der Waals surface area contributed by atoms with E-state index in [9.17, 15) is 0 Å². The summed E-state index contributed by atoms with van der Waals surface area (Å²) in [4.78, 5) is 4.06. The molecular weight excluding hydrogens is 330 g/mol. The van der Waals surface area contributed by atoms with E-state index < -0.39 is 0 Å². The molecule has 0 atom stereocenters. The first-order chi connectivity index (χ1) is 9.01. The fourth-order valence-electron chi connectivity index (χ4n) is 1.41. The topological polar surface area (TPSA) is 34.1 Å². The molecule has 0 fully saturated rings. The first-order valence-electron chi connectivity index (χ1n) is 5.13. The highest BCUT2D eigenvalue weighted by atomic mass is 35.5. The molecule has 0 aliphatic heterocycles. The number of ether oxygens (including phenoxy) is 1. The van der Waals surface area contributed by atoms with Gasteiger partial charge >= 0.3 is 0 Å². The third-order valence-corrected chi connectivity index (χ3v) is 3.57. The number of anilines is 2. The van der Waals surface area contributed by atoms with Crippen LogP contribution in [0.3, 0.4) is 0 Å². The predicted octanol–water partition coefficient (Wildman–Crippen LogP) is 5.45. The molecule has 7 heteroatoms. The van der Waals surface area contributed by atoms with Gasteiger partial charge in [0.15, 0.2) is 5.82 Å². The normalized spacial score (nSPS) is 10.4. The van der Waals surface area contributed by atoms with Crippen LogP contribution >= 0.6 is 46.4 Å². The summed E-state index contributed by atoms with van der Waals surface area (Å²) in [5, 5.41) is 4.37. The third kappa shape index (κ3) is 3.37. The maximum Gasteiger partial charge on any atom is 0.151 e. The number of nitrogens with zero attached hydrogens (tertiary/aromatic N) is 1. The molecule has 0 bridgehead atoms. The van der Waals surface area contributed by atoms with Crippen molar-refractivity contribution in [3.8, 4) is 5.75 Å². The van der Waals surface area contributed by atoms with E-state index in [4.69, 9.17) is 51.1 Å². The van der Waals surface area contributed by atoms with Gasteiger partial charge in [0.05, 0.1) is 22.2 Å². The van der Waals surface area contributed by atoms with Gasteiger partial charge in [0.25, 0.3) is 0 Å². The lowest BCUT2D eigenvalue weighted by molar-refractivity contribution is 0.415. The second kappa shape index (κ2) is 6.06. The molecule has 19 heavy (non-hydrogen) atoms. The molecular formula is C12H8Cl4N2O. The van der Waals surface area contributed by atoms with Crippen LogP contribution in [0.2, 0.25) is 20.2 Å². The number of benzene rings is 1. The van der Waals surface area contributed by atoms with Crippen molar-refractivity contribution in [1.29, 1.82) is 0 Å². The van der Waals surface area contributed by atoms with E-state index in [2.05, 4.69) is 10.3 Å². The minimum atomic E-state index is 0.175. The number of aromatic nitrogens is 1. The van der Waals surface area contributed by atoms with Gasteiger partial charge in [0.1, 0.15) is 10.9 Å². The van der Waals surface area contributed by atoms with E-state index >= 15 is 0 Å². The Labute approximate surface area is 130 Å². The molecule has 0 spiro atoms. The van der Waals surface area contributed by atoms with Crippen LogP contribution in [-0.4, -0.2) is 12.1 Å². The maximum atomic E-state index is 6.03. The fraction of sp³-hybridized carbons (Fsp3) is 0.0833. The number of rotatable bonds is 3. The second-order valence-corrected chi connectivity index (χ2v) is 5.15. The quantitative estimate of drug-likeness (QED) is 0.756. The third-order valence-electron chi connectivity index (χ3n) is 2.30. The smallest absolute Gasteiger partial charge is 0.151 e. The molecule has 0 saturated carbocycles. The maximum absolute atomic E-state index is 6.03. The van der Waals surface area contributed by atoms with Crippen LogP contribution < -0.4 is 10.1 Å². The van der Waals surface area contributed by atoms with Gasteiger partial charge in [-0.3, -0.25) is 0 Å². The van der Waals surface area contributed by atoms with Crippen LogP contribution in [0.5, 0.6) is 5.75 Å². The van der Waals surface area contributed by atoms with Gasteiger partial charge in [-0.2, -0.15) is 0 Å². The number of hydrogen-bond donors (Lipinski definition) is 1. The van der Waals surface area contributed by atoms with Crippen LogP contribution in [0.1, 0.15) is 0 Å². The van der Waals surface area contributed by atoms with Crippen molar-refractivity contribution in [2.24, 2.45) is 0 Å². The largest absolute Gasteiger partial charge is 0.495 e. The molecule has 0 aliphatic carbocycles. The van der Waals surface area contributed by atoms with E-state index in [0.29, 0.717) is 32.3 Å². The lowest BCUT2D eigenvalue weighted by atomic mass is 10.3. The first kappa shape index (κ1) is 14.5. The summed E-state index contributed by atoms with van der Waals surface area (Å²) >= 11 is 23.6. The summed E-state index contributed by atoms with van der Waals surface area (Å²) in [6, 6.07) is 6.72. The highest BCUT2D eigenvalue weighted by Gasteiger charge is 2.09. The molecule has 1 heterocycles. The molecule has 1 aromatic heterocycles. The molecule has 0 aliphatic rings. The van der Waals surface area contributed by atoms with Gasteiger partial charge in [0, 0.05) is 11.8 Å². The molecule has 0 saturated heterocycles. The fourth-order valence-corrected chi connectivity index (χ4v) is 2.15. The van der Waals surface area contributed by atoms with Crippen molar-refractivity contribution in [3.05, 3.63) is 44.5 Å². The Morgan fingerprint density at radius 1 is 1.00 bits per heavy atom. The zero-order valence-electron chi connectivity index (χ0n) is 9.68. The predicted molar refractivity (Wildman–Crippen MR) is 80.6 cm³/mol. The summed E-state index contributed by atoms with van der Waals surface area (Å²) < 4.78 is 5.12. The summed E-state index contributed by atoms with van der Waals surface area (Å²) in [6.07, 6.45) is 0. The van der Waals surface area contributed by atoms with Gasteiger partial charge < -0.3 is 10.1 Å². The highest BCUT2D eigenvalue weighted by Crippen LogP contribution is 2.33. The summed E-state index contributed by atoms with van der Waals surface area (Å²) in [5.41, 5.74) is 0.717. The number of nitrogens with one attached hydrogen (secondary N) is 1. The Hall–Kier alpha value is -0.870. The molecule has 2 aromatic rings. The molecule has 0 amide bonds. The second-order valence-electron chi connectivity index (χ2n) is 3.57. The van der Waals surface area contributed by atoms with E-state index in [1.54, 1.807) is 18.2 Å². The van der Waals surface area contributed by atoms with Gasteiger partial charge in [-0.15, -0.1) is 0 Å². The van der Waals surface area contributed by atoms with Gasteiger partial charge in [-0.1, -0.05) is 46.4 Å².